The molecule has 2 heterocycles. The first-order valence-electron chi connectivity index (χ1n) is 8.65. The minimum atomic E-state index is -0.520. The number of hydrogen-bond acceptors (Lipinski definition) is 6. The fourth-order valence-electron chi connectivity index (χ4n) is 2.84. The van der Waals surface area contributed by atoms with Crippen LogP contribution in [0.4, 0.5) is 11.6 Å². The van der Waals surface area contributed by atoms with E-state index in [4.69, 9.17) is 4.74 Å². The van der Waals surface area contributed by atoms with Crippen molar-refractivity contribution in [3.8, 4) is 5.75 Å². The van der Waals surface area contributed by atoms with Crippen molar-refractivity contribution < 1.29 is 14.5 Å². The molecule has 0 atom stereocenters. The molecule has 10 nitrogen and oxygen atoms in total. The summed E-state index contributed by atoms with van der Waals surface area (Å²) in [6.07, 6.45) is 1.55. The number of amides is 1. The molecule has 10 heteroatoms. The van der Waals surface area contributed by atoms with Crippen LogP contribution in [0.2, 0.25) is 0 Å². The lowest BCUT2D eigenvalue weighted by Crippen LogP contribution is -2.16. The summed E-state index contributed by atoms with van der Waals surface area (Å²) in [4.78, 5) is 27.4. The molecular formula is C19H16N6O4. The van der Waals surface area contributed by atoms with Gasteiger partial charge in [-0.3, -0.25) is 20.2 Å². The number of nitro benzene ring substituents is 1. The van der Waals surface area contributed by atoms with Gasteiger partial charge in [0.2, 0.25) is 5.95 Å². The summed E-state index contributed by atoms with van der Waals surface area (Å²) in [7, 11) is 1.81. The number of nitro groups is 1. The maximum atomic E-state index is 12.5. The lowest BCUT2D eigenvalue weighted by Gasteiger charge is -2.06. The van der Waals surface area contributed by atoms with E-state index in [1.807, 2.05) is 31.3 Å². The maximum absolute atomic E-state index is 12.5. The molecule has 0 fully saturated rings. The van der Waals surface area contributed by atoms with Crippen LogP contribution in [0.25, 0.3) is 11.0 Å². The number of rotatable bonds is 6. The monoisotopic (exact) mass is 392 g/mol. The molecule has 0 bridgehead atoms. The standard InChI is InChI=1S/C19H16N6O4/c1-23-15-7-3-2-6-13(15)20-19(23)21-18(26)14-10-11-24(22-14)12-29-17-9-5-4-8-16(17)25(27)28/h2-11H,12H2,1H3,(H,20,21,26). The van der Waals surface area contributed by atoms with E-state index < -0.39 is 10.8 Å². The van der Waals surface area contributed by atoms with E-state index in [9.17, 15) is 14.9 Å². The SMILES string of the molecule is Cn1c(NC(=O)c2ccn(COc3ccccc3[N+](=O)[O-])n2)nc2ccccc21. The first kappa shape index (κ1) is 18.2. The fourth-order valence-corrected chi connectivity index (χ4v) is 2.84. The highest BCUT2D eigenvalue weighted by Gasteiger charge is 2.16. The highest BCUT2D eigenvalue weighted by molar-refractivity contribution is 6.02. The van der Waals surface area contributed by atoms with E-state index in [1.165, 1.54) is 22.9 Å². The van der Waals surface area contributed by atoms with Crippen LogP contribution >= 0.6 is 0 Å². The van der Waals surface area contributed by atoms with Crippen LogP contribution in [0, 0.1) is 10.1 Å². The largest absolute Gasteiger partial charge is 0.464 e. The third kappa shape index (κ3) is 3.63. The van der Waals surface area contributed by atoms with Gasteiger partial charge < -0.3 is 9.30 Å². The van der Waals surface area contributed by atoms with E-state index in [2.05, 4.69) is 15.4 Å². The lowest BCUT2D eigenvalue weighted by atomic mass is 10.3. The van der Waals surface area contributed by atoms with Crippen molar-refractivity contribution >= 4 is 28.6 Å². The average molecular weight is 392 g/mol. The van der Waals surface area contributed by atoms with Gasteiger partial charge in [0.25, 0.3) is 5.91 Å². The Morgan fingerprint density at radius 3 is 2.72 bits per heavy atom. The topological polar surface area (TPSA) is 117 Å². The molecule has 0 unspecified atom stereocenters. The molecule has 0 aliphatic heterocycles. The summed E-state index contributed by atoms with van der Waals surface area (Å²) in [6.45, 7) is -0.0789. The number of benzene rings is 2. The predicted molar refractivity (Wildman–Crippen MR) is 105 cm³/mol. The summed E-state index contributed by atoms with van der Waals surface area (Å²) in [6, 6.07) is 15.1. The first-order chi connectivity index (χ1) is 14.0. The molecule has 1 amide bonds. The van der Waals surface area contributed by atoms with Gasteiger partial charge in [0.15, 0.2) is 18.2 Å². The summed E-state index contributed by atoms with van der Waals surface area (Å²) >= 11 is 0. The molecule has 0 aliphatic rings. The predicted octanol–water partition coefficient (Wildman–Crippen LogP) is 2.97. The number of para-hydroxylation sites is 4. The number of imidazole rings is 1. The Bertz CT molecular complexity index is 1210. The van der Waals surface area contributed by atoms with Crippen molar-refractivity contribution in [3.63, 3.8) is 0 Å². The summed E-state index contributed by atoms with van der Waals surface area (Å²) in [5, 5.41) is 17.9. The minimum Gasteiger partial charge on any atom is -0.464 e. The van der Waals surface area contributed by atoms with Crippen molar-refractivity contribution in [2.45, 2.75) is 6.73 Å². The average Bonchev–Trinajstić information content (AvgIpc) is 3.32. The second-order valence-electron chi connectivity index (χ2n) is 6.18. The Hall–Kier alpha value is -4.21. The van der Waals surface area contributed by atoms with Crippen LogP contribution in [-0.2, 0) is 13.8 Å². The molecule has 29 heavy (non-hydrogen) atoms. The Morgan fingerprint density at radius 2 is 1.93 bits per heavy atom. The zero-order valence-electron chi connectivity index (χ0n) is 15.3. The molecular weight excluding hydrogens is 376 g/mol. The number of hydrogen-bond donors (Lipinski definition) is 1. The molecule has 0 spiro atoms. The number of nitrogens with one attached hydrogen (secondary N) is 1. The number of carbonyl (C=O) groups excluding carboxylic acids is 1. The van der Waals surface area contributed by atoms with Crippen LogP contribution in [0.15, 0.2) is 60.8 Å². The third-order valence-corrected chi connectivity index (χ3v) is 4.30. The number of aryl methyl sites for hydroxylation is 1. The number of carbonyl (C=O) groups is 1. The molecule has 2 aromatic carbocycles. The van der Waals surface area contributed by atoms with Crippen molar-refractivity contribution in [2.75, 3.05) is 5.32 Å². The quantitative estimate of drug-likeness (QED) is 0.398. The lowest BCUT2D eigenvalue weighted by molar-refractivity contribution is -0.386. The van der Waals surface area contributed by atoms with Crippen LogP contribution in [-0.4, -0.2) is 30.2 Å². The van der Waals surface area contributed by atoms with Crippen molar-refractivity contribution in [1.82, 2.24) is 19.3 Å². The minimum absolute atomic E-state index is 0.0789. The van der Waals surface area contributed by atoms with Gasteiger partial charge in [0, 0.05) is 19.3 Å². The molecule has 4 rings (SSSR count). The smallest absolute Gasteiger partial charge is 0.311 e. The second kappa shape index (κ2) is 7.43. The Balaban J connectivity index is 1.45. The molecule has 2 aromatic heterocycles. The van der Waals surface area contributed by atoms with Gasteiger partial charge in [-0.1, -0.05) is 24.3 Å². The van der Waals surface area contributed by atoms with Crippen LogP contribution in [0.1, 0.15) is 10.5 Å². The summed E-state index contributed by atoms with van der Waals surface area (Å²) < 4.78 is 8.62. The van der Waals surface area contributed by atoms with E-state index in [0.717, 1.165) is 11.0 Å². The maximum Gasteiger partial charge on any atom is 0.311 e. The van der Waals surface area contributed by atoms with E-state index in [1.54, 1.807) is 22.9 Å². The Labute approximate surface area is 164 Å². The fraction of sp³-hybridized carbons (Fsp3) is 0.105. The zero-order chi connectivity index (χ0) is 20.4. The summed E-state index contributed by atoms with van der Waals surface area (Å²) in [5.41, 5.74) is 1.70. The molecule has 0 radical (unpaired) electrons. The van der Waals surface area contributed by atoms with Gasteiger partial charge >= 0.3 is 5.69 Å². The number of anilines is 1. The van der Waals surface area contributed by atoms with Crippen LogP contribution < -0.4 is 10.1 Å². The molecule has 0 saturated heterocycles. The van der Waals surface area contributed by atoms with Crippen LogP contribution in [0.3, 0.4) is 0 Å². The van der Waals surface area contributed by atoms with E-state index >= 15 is 0 Å². The van der Waals surface area contributed by atoms with Gasteiger partial charge in [0.05, 0.1) is 16.0 Å². The number of ether oxygens (including phenoxy) is 1. The molecule has 0 aliphatic carbocycles. The van der Waals surface area contributed by atoms with Crippen molar-refractivity contribution in [3.05, 3.63) is 76.6 Å². The second-order valence-corrected chi connectivity index (χ2v) is 6.18. The van der Waals surface area contributed by atoms with E-state index in [-0.39, 0.29) is 23.9 Å². The van der Waals surface area contributed by atoms with Crippen molar-refractivity contribution in [2.24, 2.45) is 7.05 Å². The highest BCUT2D eigenvalue weighted by Crippen LogP contribution is 2.26. The normalized spacial score (nSPS) is 10.8. The van der Waals surface area contributed by atoms with E-state index in [0.29, 0.717) is 5.95 Å². The van der Waals surface area contributed by atoms with Gasteiger partial charge in [-0.05, 0) is 24.3 Å². The van der Waals surface area contributed by atoms with Gasteiger partial charge in [0.1, 0.15) is 0 Å². The van der Waals surface area contributed by atoms with Gasteiger partial charge in [-0.15, -0.1) is 0 Å². The number of aromatic nitrogens is 4. The zero-order valence-corrected chi connectivity index (χ0v) is 15.3. The first-order valence-corrected chi connectivity index (χ1v) is 8.65. The Kier molecular flexibility index (Phi) is 4.65. The molecule has 146 valence electrons. The number of fused-ring (bicyclic) bond motifs is 1. The molecule has 1 N–H and O–H groups in total. The molecule has 4 aromatic rings. The van der Waals surface area contributed by atoms with Crippen molar-refractivity contribution in [1.29, 1.82) is 0 Å². The number of nitrogens with zero attached hydrogens (tertiary/aromatic N) is 5. The van der Waals surface area contributed by atoms with Crippen LogP contribution in [0.5, 0.6) is 5.75 Å². The van der Waals surface area contributed by atoms with Gasteiger partial charge in [-0.2, -0.15) is 5.10 Å². The van der Waals surface area contributed by atoms with Gasteiger partial charge in [-0.25, -0.2) is 9.67 Å². The highest BCUT2D eigenvalue weighted by atomic mass is 16.6. The summed E-state index contributed by atoms with van der Waals surface area (Å²) in [5.74, 6) is 0.105. The molecule has 0 saturated carbocycles. The third-order valence-electron chi connectivity index (χ3n) is 4.30. The Morgan fingerprint density at radius 1 is 1.17 bits per heavy atom.